The normalized spacial score (nSPS) is 20.9. The van der Waals surface area contributed by atoms with Gasteiger partial charge < -0.3 is 14.5 Å². The smallest absolute Gasteiger partial charge is 0.410 e. The van der Waals surface area contributed by atoms with Crippen LogP contribution < -0.4 is 0 Å². The zero-order valence-electron chi connectivity index (χ0n) is 18.1. The molecule has 3 rings (SSSR count). The quantitative estimate of drug-likeness (QED) is 0.402. The zero-order valence-corrected chi connectivity index (χ0v) is 19.7. The maximum absolute atomic E-state index is 12.8. The molecule has 0 aromatic heterocycles. The van der Waals surface area contributed by atoms with Crippen LogP contribution in [0.5, 0.6) is 0 Å². The van der Waals surface area contributed by atoms with Gasteiger partial charge in [0, 0.05) is 43.9 Å². The Hall–Kier alpha value is -2.87. The van der Waals surface area contributed by atoms with Gasteiger partial charge in [0.05, 0.1) is 23.8 Å². The SMILES string of the molecule is CC(=O)S[C@H]1C[C@@H](CN2CCN(S(C)(=O)=O)C2=O)N(C(=O)OCc2ccc([N+](=O)[O-])cc2)C1. The van der Waals surface area contributed by atoms with Crippen molar-refractivity contribution in [3.05, 3.63) is 39.9 Å². The molecule has 3 amide bonds. The maximum Gasteiger partial charge on any atom is 0.410 e. The molecule has 2 fully saturated rings. The first-order chi connectivity index (χ1) is 15.5. The molecule has 0 aliphatic carbocycles. The van der Waals surface area contributed by atoms with Crippen molar-refractivity contribution in [2.75, 3.05) is 32.4 Å². The number of rotatable bonds is 7. The summed E-state index contributed by atoms with van der Waals surface area (Å²) in [5.74, 6) is 0. The molecule has 2 aliphatic heterocycles. The number of nitro groups is 1. The van der Waals surface area contributed by atoms with Crippen LogP contribution in [0.2, 0.25) is 0 Å². The van der Waals surface area contributed by atoms with Crippen LogP contribution in [-0.2, 0) is 26.2 Å². The van der Waals surface area contributed by atoms with Gasteiger partial charge in [-0.2, -0.15) is 0 Å². The Morgan fingerprint density at radius 1 is 1.24 bits per heavy atom. The standard InChI is InChI=1S/C19H24N4O8S2/c1-13(24)32-17-9-16(10-20-7-8-22(18(20)25)33(2,29)30)21(11-17)19(26)31-12-14-3-5-15(6-4-14)23(27)28/h3-6,16-17H,7-12H2,1-2H3/t16-,17-/m0/s1. The highest BCUT2D eigenvalue weighted by Crippen LogP contribution is 2.30. The minimum absolute atomic E-state index is 0.0423. The van der Waals surface area contributed by atoms with Crippen LogP contribution in [0.4, 0.5) is 15.3 Å². The molecule has 180 valence electrons. The first kappa shape index (κ1) is 24.8. The molecular formula is C19H24N4O8S2. The summed E-state index contributed by atoms with van der Waals surface area (Å²) in [6.07, 6.45) is 0.766. The number of carbonyl (C=O) groups is 3. The number of hydrogen-bond acceptors (Lipinski definition) is 9. The second kappa shape index (κ2) is 9.95. The summed E-state index contributed by atoms with van der Waals surface area (Å²) in [4.78, 5) is 49.9. The van der Waals surface area contributed by atoms with Crippen molar-refractivity contribution in [2.24, 2.45) is 0 Å². The maximum atomic E-state index is 12.8. The Morgan fingerprint density at radius 3 is 2.45 bits per heavy atom. The van der Waals surface area contributed by atoms with Gasteiger partial charge in [0.25, 0.3) is 5.69 Å². The Morgan fingerprint density at radius 2 is 1.91 bits per heavy atom. The molecule has 12 nitrogen and oxygen atoms in total. The molecule has 2 heterocycles. The number of urea groups is 1. The lowest BCUT2D eigenvalue weighted by Gasteiger charge is -2.27. The van der Waals surface area contributed by atoms with E-state index < -0.39 is 33.1 Å². The van der Waals surface area contributed by atoms with E-state index in [9.17, 15) is 32.9 Å². The third-order valence-corrected chi connectivity index (χ3v) is 7.49. The van der Waals surface area contributed by atoms with Gasteiger partial charge in [-0.3, -0.25) is 14.9 Å². The molecule has 0 spiro atoms. The molecule has 1 aromatic rings. The Bertz CT molecular complexity index is 1050. The van der Waals surface area contributed by atoms with Gasteiger partial charge >= 0.3 is 12.1 Å². The minimum atomic E-state index is -3.68. The van der Waals surface area contributed by atoms with Gasteiger partial charge in [-0.25, -0.2) is 22.3 Å². The lowest BCUT2D eigenvalue weighted by Crippen LogP contribution is -2.45. The summed E-state index contributed by atoms with van der Waals surface area (Å²) < 4.78 is 29.7. The Balaban J connectivity index is 1.66. The van der Waals surface area contributed by atoms with Crippen molar-refractivity contribution >= 4 is 44.7 Å². The molecule has 1 aromatic carbocycles. The number of thioether (sulfide) groups is 1. The third-order valence-electron chi connectivity index (χ3n) is 5.34. The number of hydrogen-bond donors (Lipinski definition) is 0. The first-order valence-corrected chi connectivity index (χ1v) is 12.8. The number of nitrogens with zero attached hydrogens (tertiary/aromatic N) is 4. The van der Waals surface area contributed by atoms with Crippen LogP contribution in [0.3, 0.4) is 0 Å². The number of non-ortho nitro benzene ring substituents is 1. The van der Waals surface area contributed by atoms with E-state index >= 15 is 0 Å². The van der Waals surface area contributed by atoms with E-state index in [0.717, 1.165) is 22.3 Å². The summed E-state index contributed by atoms with van der Waals surface area (Å²) in [7, 11) is -3.68. The van der Waals surface area contributed by atoms with E-state index in [0.29, 0.717) is 12.0 Å². The summed E-state index contributed by atoms with van der Waals surface area (Å²) in [5.41, 5.74) is 0.491. The Kier molecular flexibility index (Phi) is 7.47. The summed E-state index contributed by atoms with van der Waals surface area (Å²) in [6, 6.07) is 4.52. The fourth-order valence-corrected chi connectivity index (χ4v) is 5.66. The van der Waals surface area contributed by atoms with E-state index in [1.54, 1.807) is 0 Å². The number of amides is 3. The molecule has 0 bridgehead atoms. The molecule has 2 saturated heterocycles. The van der Waals surface area contributed by atoms with E-state index in [1.165, 1.54) is 41.0 Å². The summed E-state index contributed by atoms with van der Waals surface area (Å²) in [6.45, 7) is 1.94. The fraction of sp³-hybridized carbons (Fsp3) is 0.526. The fourth-order valence-electron chi connectivity index (χ4n) is 3.82. The molecule has 0 saturated carbocycles. The molecule has 33 heavy (non-hydrogen) atoms. The lowest BCUT2D eigenvalue weighted by molar-refractivity contribution is -0.384. The highest BCUT2D eigenvalue weighted by atomic mass is 32.2. The topological polar surface area (TPSA) is 147 Å². The first-order valence-electron chi connectivity index (χ1n) is 10.1. The van der Waals surface area contributed by atoms with Crippen LogP contribution in [0.15, 0.2) is 24.3 Å². The van der Waals surface area contributed by atoms with E-state index in [4.69, 9.17) is 4.74 Å². The van der Waals surface area contributed by atoms with Gasteiger partial charge in [0.2, 0.25) is 10.0 Å². The van der Waals surface area contributed by atoms with Crippen molar-refractivity contribution in [1.82, 2.24) is 14.1 Å². The van der Waals surface area contributed by atoms with Crippen LogP contribution >= 0.6 is 11.8 Å². The largest absolute Gasteiger partial charge is 0.445 e. The predicted molar refractivity (Wildman–Crippen MR) is 119 cm³/mol. The van der Waals surface area contributed by atoms with Crippen LogP contribution in [-0.4, -0.2) is 88.4 Å². The van der Waals surface area contributed by atoms with Crippen molar-refractivity contribution in [2.45, 2.75) is 31.2 Å². The van der Waals surface area contributed by atoms with Crippen LogP contribution in [0.25, 0.3) is 0 Å². The van der Waals surface area contributed by atoms with Gasteiger partial charge in [-0.15, -0.1) is 0 Å². The summed E-state index contributed by atoms with van der Waals surface area (Å²) >= 11 is 1.11. The summed E-state index contributed by atoms with van der Waals surface area (Å²) in [5, 5.41) is 10.5. The van der Waals surface area contributed by atoms with Crippen molar-refractivity contribution in [3.63, 3.8) is 0 Å². The van der Waals surface area contributed by atoms with Gasteiger partial charge in [-0.05, 0) is 24.1 Å². The van der Waals surface area contributed by atoms with Gasteiger partial charge in [0.1, 0.15) is 6.61 Å². The van der Waals surface area contributed by atoms with E-state index in [2.05, 4.69) is 0 Å². The molecule has 0 N–H and O–H groups in total. The second-order valence-electron chi connectivity index (χ2n) is 7.82. The van der Waals surface area contributed by atoms with E-state index in [1.807, 2.05) is 0 Å². The number of nitro benzene ring substituents is 1. The van der Waals surface area contributed by atoms with Gasteiger partial charge in [0.15, 0.2) is 5.12 Å². The predicted octanol–water partition coefficient (Wildman–Crippen LogP) is 1.65. The lowest BCUT2D eigenvalue weighted by atomic mass is 10.2. The average molecular weight is 501 g/mol. The van der Waals surface area contributed by atoms with Crippen molar-refractivity contribution in [1.29, 1.82) is 0 Å². The molecule has 0 radical (unpaired) electrons. The van der Waals surface area contributed by atoms with Crippen molar-refractivity contribution in [3.8, 4) is 0 Å². The zero-order chi connectivity index (χ0) is 24.3. The number of sulfonamides is 1. The molecule has 14 heteroatoms. The molecule has 2 atom stereocenters. The molecule has 0 unspecified atom stereocenters. The van der Waals surface area contributed by atoms with E-state index in [-0.39, 0.29) is 48.8 Å². The van der Waals surface area contributed by atoms with Crippen molar-refractivity contribution < 1.29 is 32.5 Å². The molecule has 2 aliphatic rings. The average Bonchev–Trinajstić information content (AvgIpc) is 3.29. The number of likely N-dealkylation sites (tertiary alicyclic amines) is 1. The number of carbonyl (C=O) groups excluding carboxylic acids is 3. The van der Waals surface area contributed by atoms with Gasteiger partial charge in [-0.1, -0.05) is 11.8 Å². The Labute approximate surface area is 195 Å². The molecular weight excluding hydrogens is 476 g/mol. The van der Waals surface area contributed by atoms with Crippen LogP contribution in [0.1, 0.15) is 18.9 Å². The highest BCUT2D eigenvalue weighted by molar-refractivity contribution is 8.14. The van der Waals surface area contributed by atoms with Crippen LogP contribution in [0, 0.1) is 10.1 Å². The second-order valence-corrected chi connectivity index (χ2v) is 11.2. The minimum Gasteiger partial charge on any atom is -0.445 e. The highest BCUT2D eigenvalue weighted by Gasteiger charge is 2.42. The third kappa shape index (κ3) is 6.13. The number of benzene rings is 1. The monoisotopic (exact) mass is 500 g/mol. The number of ether oxygens (including phenoxy) is 1.